The van der Waals surface area contributed by atoms with Gasteiger partial charge in [-0.2, -0.15) is 13.2 Å². The maximum Gasteiger partial charge on any atom is 0.417 e. The van der Waals surface area contributed by atoms with Crippen molar-refractivity contribution >= 4 is 50.9 Å². The number of hydrogen-bond acceptors (Lipinski definition) is 6. The zero-order chi connectivity index (χ0) is 38.6. The van der Waals surface area contributed by atoms with Gasteiger partial charge in [0.15, 0.2) is 5.78 Å². The Balaban J connectivity index is 1.21. The summed E-state index contributed by atoms with van der Waals surface area (Å²) < 4.78 is 83.6. The van der Waals surface area contributed by atoms with Crippen LogP contribution in [-0.2, 0) is 34.1 Å². The van der Waals surface area contributed by atoms with E-state index in [2.05, 4.69) is 15.6 Å². The molecule has 3 aromatic carbocycles. The molecule has 2 N–H and O–H groups in total. The van der Waals surface area contributed by atoms with Crippen LogP contribution in [0.15, 0.2) is 54.7 Å². The lowest BCUT2D eigenvalue weighted by atomic mass is 9.92. The Morgan fingerprint density at radius 2 is 1.76 bits per heavy atom. The molecule has 1 fully saturated rings. The van der Waals surface area contributed by atoms with Crippen LogP contribution in [-0.4, -0.2) is 64.6 Å². The number of amides is 2. The molecule has 0 unspecified atom stereocenters. The number of imidazole rings is 1. The van der Waals surface area contributed by atoms with Crippen LogP contribution in [0.2, 0.25) is 0 Å². The third kappa shape index (κ3) is 6.55. The van der Waals surface area contributed by atoms with Crippen molar-refractivity contribution in [3.05, 3.63) is 88.9 Å². The second-order valence-electron chi connectivity index (χ2n) is 13.7. The van der Waals surface area contributed by atoms with Gasteiger partial charge in [0, 0.05) is 73.7 Å². The molecule has 10 nitrogen and oxygen atoms in total. The number of likely N-dealkylation sites (N-methyl/N-ethyl adjacent to an activating group) is 1. The van der Waals surface area contributed by atoms with Gasteiger partial charge in [0.05, 0.1) is 28.4 Å². The highest BCUT2D eigenvalue weighted by atomic mass is 19.4. The van der Waals surface area contributed by atoms with Gasteiger partial charge in [0.2, 0.25) is 11.8 Å². The maximum atomic E-state index is 15.4. The van der Waals surface area contributed by atoms with Crippen molar-refractivity contribution in [1.82, 2.24) is 19.4 Å². The Kier molecular flexibility index (Phi) is 9.64. The lowest BCUT2D eigenvalue weighted by Crippen LogP contribution is -2.35. The summed E-state index contributed by atoms with van der Waals surface area (Å²) in [7, 11) is 4.65. The lowest BCUT2D eigenvalue weighted by molar-refractivity contribution is -0.137. The summed E-state index contributed by atoms with van der Waals surface area (Å²) in [6.07, 6.45) is 3.14. The number of nitrogens with one attached hydrogen (secondary N) is 2. The van der Waals surface area contributed by atoms with Crippen LogP contribution in [0.3, 0.4) is 0 Å². The topological polar surface area (TPSA) is 110 Å². The summed E-state index contributed by atoms with van der Waals surface area (Å²) >= 11 is 0. The average Bonchev–Trinajstić information content (AvgIpc) is 3.65. The SMILES string of the molecule is COC1CCC(NC/C=C/C(=O)Nc2c(F)cc(C(=O)c3cn4c5c(cccc35)-c3c(C(F)(F)F)cc5c(nc(C)n5C)c3N(C)C(=O)C4)cc2F)CC1. The molecule has 2 aliphatic rings. The quantitative estimate of drug-likeness (QED) is 0.100. The smallest absolute Gasteiger partial charge is 0.381 e. The number of ether oxygens (including phenoxy) is 1. The largest absolute Gasteiger partial charge is 0.417 e. The van der Waals surface area contributed by atoms with E-state index in [-0.39, 0.29) is 63.0 Å². The number of nitrogens with zero attached hydrogens (tertiary/aromatic N) is 4. The highest BCUT2D eigenvalue weighted by Crippen LogP contribution is 2.49. The molecule has 54 heavy (non-hydrogen) atoms. The molecule has 0 atom stereocenters. The standard InChI is InChI=1S/C39H37F5N6O4/c1-20-46-35-30(48(20)2)17-27(39(42,43)44)33-25-8-5-7-24-26(18-50(36(24)25)19-32(52)49(3)37(33)35)38(53)21-15-28(40)34(29(41)16-21)47-31(51)9-6-14-45-22-10-12-23(54-4)13-11-22/h5-9,15-18,22-23,45H,10-14,19H2,1-4H3,(H,47,51)/b9-6+. The number of carbonyl (C=O) groups is 3. The van der Waals surface area contributed by atoms with Crippen LogP contribution in [0.1, 0.15) is 53.0 Å². The monoisotopic (exact) mass is 748 g/mol. The van der Waals surface area contributed by atoms with E-state index in [4.69, 9.17) is 4.74 Å². The Hall–Kier alpha value is -5.41. The summed E-state index contributed by atoms with van der Waals surface area (Å²) in [5, 5.41) is 5.68. The number of para-hydroxylation sites is 1. The van der Waals surface area contributed by atoms with Crippen LogP contribution in [0.25, 0.3) is 33.1 Å². The number of alkyl halides is 3. The molecule has 1 aliphatic heterocycles. The molecule has 2 amide bonds. The molecule has 5 aromatic rings. The molecule has 2 aromatic heterocycles. The predicted molar refractivity (Wildman–Crippen MR) is 193 cm³/mol. The molecule has 1 saturated carbocycles. The fraction of sp³-hybridized carbons (Fsp3) is 0.333. The number of anilines is 2. The van der Waals surface area contributed by atoms with Crippen molar-refractivity contribution in [2.75, 3.05) is 30.9 Å². The number of benzene rings is 3. The van der Waals surface area contributed by atoms with Crippen molar-refractivity contribution in [2.24, 2.45) is 7.05 Å². The molecule has 0 saturated heterocycles. The fourth-order valence-electron chi connectivity index (χ4n) is 7.54. The van der Waals surface area contributed by atoms with Gasteiger partial charge in [-0.15, -0.1) is 0 Å². The van der Waals surface area contributed by atoms with E-state index in [1.807, 2.05) is 0 Å². The molecule has 282 valence electrons. The Labute approximate surface area is 306 Å². The summed E-state index contributed by atoms with van der Waals surface area (Å²) in [5.41, 5.74) is -1.92. The van der Waals surface area contributed by atoms with E-state index in [1.165, 1.54) is 40.6 Å². The second kappa shape index (κ2) is 14.1. The van der Waals surface area contributed by atoms with Crippen molar-refractivity contribution in [3.63, 3.8) is 0 Å². The zero-order valence-electron chi connectivity index (χ0n) is 29.9. The first-order valence-electron chi connectivity index (χ1n) is 17.4. The van der Waals surface area contributed by atoms with E-state index in [9.17, 15) is 27.6 Å². The molecule has 0 radical (unpaired) electrons. The first-order valence-corrected chi connectivity index (χ1v) is 17.4. The highest BCUT2D eigenvalue weighted by Gasteiger charge is 2.40. The van der Waals surface area contributed by atoms with Crippen LogP contribution in [0.5, 0.6) is 0 Å². The van der Waals surface area contributed by atoms with E-state index in [0.717, 1.165) is 54.9 Å². The van der Waals surface area contributed by atoms with E-state index < -0.39 is 52.2 Å². The van der Waals surface area contributed by atoms with Crippen molar-refractivity contribution in [1.29, 1.82) is 0 Å². The maximum absolute atomic E-state index is 15.4. The fourth-order valence-corrected chi connectivity index (χ4v) is 7.54. The number of ketones is 1. The number of aromatic nitrogens is 3. The Bertz CT molecular complexity index is 2350. The van der Waals surface area contributed by atoms with Crippen molar-refractivity contribution < 1.29 is 41.1 Å². The lowest BCUT2D eigenvalue weighted by Gasteiger charge is -2.28. The first-order chi connectivity index (χ1) is 25.7. The minimum absolute atomic E-state index is 0.0286. The molecule has 0 spiro atoms. The van der Waals surface area contributed by atoms with Crippen LogP contribution in [0, 0.1) is 18.6 Å². The van der Waals surface area contributed by atoms with Crippen molar-refractivity contribution in [2.45, 2.75) is 57.5 Å². The van der Waals surface area contributed by atoms with E-state index >= 15 is 8.78 Å². The van der Waals surface area contributed by atoms with Gasteiger partial charge >= 0.3 is 6.18 Å². The molecule has 15 heteroatoms. The Morgan fingerprint density at radius 3 is 2.43 bits per heavy atom. The molecular formula is C39H37F5N6O4. The number of halogens is 5. The van der Waals surface area contributed by atoms with Gasteiger partial charge in [-0.1, -0.05) is 24.3 Å². The van der Waals surface area contributed by atoms with Gasteiger partial charge in [0.1, 0.15) is 35.2 Å². The average molecular weight is 749 g/mol. The molecule has 7 rings (SSSR count). The summed E-state index contributed by atoms with van der Waals surface area (Å²) in [5.74, 6) is -4.17. The number of fused-ring (bicyclic) bond motifs is 4. The third-order valence-corrected chi connectivity index (χ3v) is 10.5. The van der Waals surface area contributed by atoms with Crippen molar-refractivity contribution in [3.8, 4) is 11.1 Å². The number of aryl methyl sites for hydroxylation is 2. The number of hydrogen-bond donors (Lipinski definition) is 2. The van der Waals surface area contributed by atoms with Crippen LogP contribution in [0.4, 0.5) is 33.3 Å². The van der Waals surface area contributed by atoms with Gasteiger partial charge < -0.3 is 29.4 Å². The number of methoxy groups -OCH3 is 1. The molecule has 0 bridgehead atoms. The molecule has 3 heterocycles. The highest BCUT2D eigenvalue weighted by molar-refractivity contribution is 6.20. The van der Waals surface area contributed by atoms with Crippen LogP contribution < -0.4 is 15.5 Å². The number of carbonyl (C=O) groups excluding carboxylic acids is 3. The summed E-state index contributed by atoms with van der Waals surface area (Å²) in [4.78, 5) is 45.8. The first kappa shape index (κ1) is 36.9. The summed E-state index contributed by atoms with van der Waals surface area (Å²) in [6.45, 7) is 1.67. The van der Waals surface area contributed by atoms with E-state index in [0.29, 0.717) is 12.4 Å². The Morgan fingerprint density at radius 1 is 1.06 bits per heavy atom. The number of rotatable bonds is 8. The second-order valence-corrected chi connectivity index (χ2v) is 13.7. The van der Waals surface area contributed by atoms with Crippen LogP contribution >= 0.6 is 0 Å². The molecular weight excluding hydrogens is 711 g/mol. The van der Waals surface area contributed by atoms with Gasteiger partial charge in [-0.05, 0) is 50.8 Å². The van der Waals surface area contributed by atoms with Gasteiger partial charge in [-0.3, -0.25) is 14.4 Å². The zero-order valence-corrected chi connectivity index (χ0v) is 29.9. The minimum Gasteiger partial charge on any atom is -0.381 e. The van der Waals surface area contributed by atoms with E-state index in [1.54, 1.807) is 27.2 Å². The third-order valence-electron chi connectivity index (χ3n) is 10.5. The predicted octanol–water partition coefficient (Wildman–Crippen LogP) is 7.05. The minimum atomic E-state index is -4.85. The van der Waals surface area contributed by atoms with Gasteiger partial charge in [0.25, 0.3) is 0 Å². The normalized spacial score (nSPS) is 17.6. The molecule has 1 aliphatic carbocycles. The summed E-state index contributed by atoms with van der Waals surface area (Å²) in [6, 6.07) is 7.29. The van der Waals surface area contributed by atoms with Gasteiger partial charge in [-0.25, -0.2) is 13.8 Å².